The Morgan fingerprint density at radius 2 is 2.00 bits per heavy atom. The molecule has 0 bridgehead atoms. The van der Waals surface area contributed by atoms with Crippen molar-refractivity contribution in [1.29, 1.82) is 0 Å². The third-order valence-corrected chi connectivity index (χ3v) is 2.58. The summed E-state index contributed by atoms with van der Waals surface area (Å²) in [6, 6.07) is 0. The highest BCUT2D eigenvalue weighted by Gasteiger charge is 2.16. The van der Waals surface area contributed by atoms with E-state index < -0.39 is 5.60 Å². The molecule has 3 heteroatoms. The van der Waals surface area contributed by atoms with Gasteiger partial charge in [-0.25, -0.2) is 4.79 Å². The molecule has 0 aliphatic carbocycles. The van der Waals surface area contributed by atoms with Crippen LogP contribution in [0.5, 0.6) is 0 Å². The maximum absolute atomic E-state index is 11.6. The van der Waals surface area contributed by atoms with Gasteiger partial charge in [0.2, 0.25) is 0 Å². The van der Waals surface area contributed by atoms with E-state index in [0.29, 0.717) is 0 Å². The van der Waals surface area contributed by atoms with Gasteiger partial charge in [0, 0.05) is 12.6 Å². The zero-order valence-corrected chi connectivity index (χ0v) is 10.9. The zero-order chi connectivity index (χ0) is 12.2. The van der Waals surface area contributed by atoms with Crippen molar-refractivity contribution < 1.29 is 9.53 Å². The first-order chi connectivity index (χ1) is 7.37. The summed E-state index contributed by atoms with van der Waals surface area (Å²) in [7, 11) is 2.12. The molecule has 1 aliphatic rings. The van der Waals surface area contributed by atoms with Crippen LogP contribution in [0.2, 0.25) is 0 Å². The SMILES string of the molecule is CN1CCC/C(=C/C(=O)OC(C)(C)C)CC1. The minimum atomic E-state index is -0.393. The minimum Gasteiger partial charge on any atom is -0.457 e. The maximum Gasteiger partial charge on any atom is 0.331 e. The molecule has 3 nitrogen and oxygen atoms in total. The first-order valence-corrected chi connectivity index (χ1v) is 5.98. The number of nitrogens with zero attached hydrogens (tertiary/aromatic N) is 1. The number of ether oxygens (including phenoxy) is 1. The van der Waals surface area contributed by atoms with Crippen LogP contribution in [0.1, 0.15) is 40.0 Å². The van der Waals surface area contributed by atoms with E-state index in [4.69, 9.17) is 4.74 Å². The van der Waals surface area contributed by atoms with Crippen molar-refractivity contribution in [2.45, 2.75) is 45.6 Å². The molecule has 1 heterocycles. The second kappa shape index (κ2) is 5.48. The van der Waals surface area contributed by atoms with Crippen LogP contribution in [0.25, 0.3) is 0 Å². The van der Waals surface area contributed by atoms with Crippen LogP contribution in [-0.4, -0.2) is 36.6 Å². The highest BCUT2D eigenvalue weighted by molar-refractivity contribution is 5.83. The average Bonchev–Trinajstić information content (AvgIpc) is 2.27. The Morgan fingerprint density at radius 3 is 2.62 bits per heavy atom. The lowest BCUT2D eigenvalue weighted by Crippen LogP contribution is -2.23. The van der Waals surface area contributed by atoms with E-state index in [9.17, 15) is 4.79 Å². The second-order valence-corrected chi connectivity index (χ2v) is 5.49. The molecule has 0 aromatic heterocycles. The summed E-state index contributed by atoms with van der Waals surface area (Å²) in [5.74, 6) is -0.202. The summed E-state index contributed by atoms with van der Waals surface area (Å²) >= 11 is 0. The number of rotatable bonds is 1. The molecule has 0 spiro atoms. The van der Waals surface area contributed by atoms with Gasteiger partial charge in [0.05, 0.1) is 0 Å². The molecule has 0 amide bonds. The molecule has 0 aromatic carbocycles. The van der Waals surface area contributed by atoms with Crippen LogP contribution in [-0.2, 0) is 9.53 Å². The predicted octanol–water partition coefficient (Wildman–Crippen LogP) is 2.37. The van der Waals surface area contributed by atoms with Crippen molar-refractivity contribution in [3.63, 3.8) is 0 Å². The molecular formula is C13H23NO2. The lowest BCUT2D eigenvalue weighted by molar-refractivity contribution is -0.148. The van der Waals surface area contributed by atoms with Crippen molar-refractivity contribution in [3.8, 4) is 0 Å². The fourth-order valence-electron chi connectivity index (χ4n) is 1.79. The van der Waals surface area contributed by atoms with Gasteiger partial charge in [0.1, 0.15) is 5.60 Å². The minimum absolute atomic E-state index is 0.202. The third-order valence-electron chi connectivity index (χ3n) is 2.58. The highest BCUT2D eigenvalue weighted by atomic mass is 16.6. The summed E-state index contributed by atoms with van der Waals surface area (Å²) in [5.41, 5.74) is 0.828. The van der Waals surface area contributed by atoms with Crippen LogP contribution in [0.3, 0.4) is 0 Å². The molecule has 92 valence electrons. The highest BCUT2D eigenvalue weighted by Crippen LogP contribution is 2.16. The Balaban J connectivity index is 2.52. The molecule has 0 atom stereocenters. The second-order valence-electron chi connectivity index (χ2n) is 5.49. The van der Waals surface area contributed by atoms with Gasteiger partial charge >= 0.3 is 5.97 Å². The number of hydrogen-bond donors (Lipinski definition) is 0. The molecule has 1 fully saturated rings. The molecule has 0 unspecified atom stereocenters. The Hall–Kier alpha value is -0.830. The molecule has 16 heavy (non-hydrogen) atoms. The number of likely N-dealkylation sites (tertiary alicyclic amines) is 1. The fraction of sp³-hybridized carbons (Fsp3) is 0.769. The van der Waals surface area contributed by atoms with Gasteiger partial charge in [-0.3, -0.25) is 0 Å². The number of carbonyl (C=O) groups excluding carboxylic acids is 1. The lowest BCUT2D eigenvalue weighted by atomic mass is 10.1. The molecule has 0 radical (unpaired) electrons. The predicted molar refractivity (Wildman–Crippen MR) is 65.3 cm³/mol. The molecule has 1 saturated heterocycles. The summed E-state index contributed by atoms with van der Waals surface area (Å²) in [6.07, 6.45) is 4.81. The zero-order valence-electron chi connectivity index (χ0n) is 10.9. The molecule has 1 aliphatic heterocycles. The Labute approximate surface area is 98.5 Å². The number of esters is 1. The Morgan fingerprint density at radius 1 is 1.31 bits per heavy atom. The first-order valence-electron chi connectivity index (χ1n) is 5.98. The van der Waals surface area contributed by atoms with E-state index in [0.717, 1.165) is 32.4 Å². The lowest BCUT2D eigenvalue weighted by Gasteiger charge is -2.18. The van der Waals surface area contributed by atoms with Gasteiger partial charge in [-0.1, -0.05) is 5.57 Å². The van der Waals surface area contributed by atoms with Crippen molar-refractivity contribution in [1.82, 2.24) is 4.90 Å². The monoisotopic (exact) mass is 225 g/mol. The fourth-order valence-corrected chi connectivity index (χ4v) is 1.79. The Bertz CT molecular complexity index is 276. The van der Waals surface area contributed by atoms with E-state index in [2.05, 4.69) is 11.9 Å². The van der Waals surface area contributed by atoms with Crippen LogP contribution < -0.4 is 0 Å². The molecule has 0 aromatic rings. The van der Waals surface area contributed by atoms with Crippen LogP contribution in [0, 0.1) is 0 Å². The quantitative estimate of drug-likeness (QED) is 0.507. The molecule has 0 N–H and O–H groups in total. The average molecular weight is 225 g/mol. The van der Waals surface area contributed by atoms with Crippen molar-refractivity contribution in [3.05, 3.63) is 11.6 Å². The smallest absolute Gasteiger partial charge is 0.331 e. The number of carbonyl (C=O) groups is 1. The van der Waals surface area contributed by atoms with Crippen LogP contribution in [0.15, 0.2) is 11.6 Å². The van der Waals surface area contributed by atoms with E-state index in [1.54, 1.807) is 6.08 Å². The van der Waals surface area contributed by atoms with E-state index in [-0.39, 0.29) is 5.97 Å². The summed E-state index contributed by atoms with van der Waals surface area (Å²) in [6.45, 7) is 7.83. The summed E-state index contributed by atoms with van der Waals surface area (Å²) in [4.78, 5) is 13.9. The van der Waals surface area contributed by atoms with Crippen LogP contribution in [0.4, 0.5) is 0 Å². The van der Waals surface area contributed by atoms with Crippen LogP contribution >= 0.6 is 0 Å². The van der Waals surface area contributed by atoms with Crippen molar-refractivity contribution in [2.24, 2.45) is 0 Å². The topological polar surface area (TPSA) is 29.5 Å². The normalized spacial score (nSPS) is 21.9. The van der Waals surface area contributed by atoms with Crippen molar-refractivity contribution >= 4 is 5.97 Å². The van der Waals surface area contributed by atoms with Gasteiger partial charge in [-0.2, -0.15) is 0 Å². The van der Waals surface area contributed by atoms with Gasteiger partial charge in [0.25, 0.3) is 0 Å². The summed E-state index contributed by atoms with van der Waals surface area (Å²) in [5, 5.41) is 0. The standard InChI is InChI=1S/C13H23NO2/c1-13(2,3)16-12(15)10-11-6-5-8-14(4)9-7-11/h10H,5-9H2,1-4H3/b11-10-. The maximum atomic E-state index is 11.6. The van der Waals surface area contributed by atoms with E-state index in [1.807, 2.05) is 20.8 Å². The molecule has 1 rings (SSSR count). The third kappa shape index (κ3) is 5.31. The van der Waals surface area contributed by atoms with Gasteiger partial charge in [-0.15, -0.1) is 0 Å². The van der Waals surface area contributed by atoms with Gasteiger partial charge in [-0.05, 0) is 53.6 Å². The Kier molecular flexibility index (Phi) is 4.54. The van der Waals surface area contributed by atoms with Gasteiger partial charge in [0.15, 0.2) is 0 Å². The van der Waals surface area contributed by atoms with E-state index >= 15 is 0 Å². The van der Waals surface area contributed by atoms with Crippen molar-refractivity contribution in [2.75, 3.05) is 20.1 Å². The largest absolute Gasteiger partial charge is 0.457 e. The van der Waals surface area contributed by atoms with E-state index in [1.165, 1.54) is 5.57 Å². The first kappa shape index (κ1) is 13.2. The number of hydrogen-bond acceptors (Lipinski definition) is 3. The summed E-state index contributed by atoms with van der Waals surface area (Å²) < 4.78 is 5.28. The van der Waals surface area contributed by atoms with Gasteiger partial charge < -0.3 is 9.64 Å². The molecular weight excluding hydrogens is 202 g/mol. The molecule has 0 saturated carbocycles.